The summed E-state index contributed by atoms with van der Waals surface area (Å²) in [6.45, 7) is 8.88. The van der Waals surface area contributed by atoms with Crippen LogP contribution in [-0.4, -0.2) is 31.8 Å². The van der Waals surface area contributed by atoms with E-state index in [0.29, 0.717) is 18.9 Å². The topological polar surface area (TPSA) is 62.7 Å². The van der Waals surface area contributed by atoms with Crippen LogP contribution in [0.1, 0.15) is 37.3 Å². The van der Waals surface area contributed by atoms with Gasteiger partial charge in [-0.1, -0.05) is 30.8 Å². The lowest BCUT2D eigenvalue weighted by Crippen LogP contribution is -2.27. The summed E-state index contributed by atoms with van der Waals surface area (Å²) < 4.78 is 5.56. The van der Waals surface area contributed by atoms with Crippen molar-refractivity contribution < 1.29 is 9.53 Å². The van der Waals surface area contributed by atoms with Crippen molar-refractivity contribution in [3.05, 3.63) is 71.2 Å². The normalized spacial score (nSPS) is 21.6. The lowest BCUT2D eigenvalue weighted by Gasteiger charge is -2.18. The van der Waals surface area contributed by atoms with Crippen LogP contribution in [0.15, 0.2) is 65.0 Å². The molecule has 2 N–H and O–H groups in total. The zero-order chi connectivity index (χ0) is 20.5. The van der Waals surface area contributed by atoms with Crippen LogP contribution in [0.25, 0.3) is 0 Å². The van der Waals surface area contributed by atoms with Crippen molar-refractivity contribution in [2.24, 2.45) is 10.9 Å². The second kappa shape index (κ2) is 10.8. The zero-order valence-corrected chi connectivity index (χ0v) is 17.2. The quantitative estimate of drug-likeness (QED) is 0.725. The fourth-order valence-corrected chi connectivity index (χ4v) is 3.65. The van der Waals surface area contributed by atoms with Crippen LogP contribution >= 0.6 is 0 Å². The Balaban J connectivity index is 1.49. The van der Waals surface area contributed by atoms with Crippen molar-refractivity contribution in [3.63, 3.8) is 0 Å². The molecule has 1 amide bonds. The first-order chi connectivity index (χ1) is 14.2. The minimum absolute atomic E-state index is 0.223. The molecule has 2 heterocycles. The highest BCUT2D eigenvalue weighted by molar-refractivity contribution is 5.92. The van der Waals surface area contributed by atoms with E-state index in [2.05, 4.69) is 46.5 Å². The summed E-state index contributed by atoms with van der Waals surface area (Å²) in [5.41, 5.74) is 4.08. The zero-order valence-electron chi connectivity index (χ0n) is 17.2. The minimum atomic E-state index is -0.223. The third-order valence-corrected chi connectivity index (χ3v) is 5.40. The molecule has 154 valence electrons. The Bertz CT molecular complexity index is 798. The Morgan fingerprint density at radius 1 is 1.28 bits per heavy atom. The van der Waals surface area contributed by atoms with E-state index in [9.17, 15) is 4.79 Å². The van der Waals surface area contributed by atoms with Gasteiger partial charge in [0.1, 0.15) is 6.61 Å². The van der Waals surface area contributed by atoms with E-state index in [0.717, 1.165) is 42.1 Å². The van der Waals surface area contributed by atoms with Gasteiger partial charge in [-0.2, -0.15) is 0 Å². The molecule has 3 rings (SSSR count). The second-order valence-electron chi connectivity index (χ2n) is 7.63. The Morgan fingerprint density at radius 2 is 2.07 bits per heavy atom. The number of ether oxygens (including phenoxy) is 1. The van der Waals surface area contributed by atoms with Gasteiger partial charge in [-0.25, -0.2) is 0 Å². The van der Waals surface area contributed by atoms with Crippen molar-refractivity contribution >= 4 is 12.1 Å². The highest BCUT2D eigenvalue weighted by Gasteiger charge is 2.18. The summed E-state index contributed by atoms with van der Waals surface area (Å²) in [7, 11) is 0. The molecule has 2 aliphatic rings. The van der Waals surface area contributed by atoms with Crippen LogP contribution in [0.3, 0.4) is 0 Å². The highest BCUT2D eigenvalue weighted by Crippen LogP contribution is 2.21. The molecule has 0 bridgehead atoms. The Kier molecular flexibility index (Phi) is 7.82. The molecular formula is C24H31N3O2. The number of hydrogen-bond donors (Lipinski definition) is 2. The van der Waals surface area contributed by atoms with Crippen LogP contribution in [-0.2, 0) is 22.5 Å². The maximum atomic E-state index is 12.4. The number of nitrogens with one attached hydrogen (secondary N) is 2. The van der Waals surface area contributed by atoms with Gasteiger partial charge in [-0.15, -0.1) is 0 Å². The minimum Gasteiger partial charge on any atom is -0.483 e. The average molecular weight is 394 g/mol. The number of aliphatic imine (C=N–C) groups is 1. The third kappa shape index (κ3) is 6.43. The molecule has 1 fully saturated rings. The maximum absolute atomic E-state index is 12.4. The van der Waals surface area contributed by atoms with E-state index in [-0.39, 0.29) is 5.91 Å². The lowest BCUT2D eigenvalue weighted by molar-refractivity contribution is -0.121. The van der Waals surface area contributed by atoms with Gasteiger partial charge in [0.05, 0.1) is 0 Å². The summed E-state index contributed by atoms with van der Waals surface area (Å²) in [6.07, 6.45) is 10.0. The van der Waals surface area contributed by atoms with Crippen molar-refractivity contribution in [2.45, 2.75) is 39.2 Å². The summed E-state index contributed by atoms with van der Waals surface area (Å²) in [6, 6.07) is 8.57. The molecule has 5 nitrogen and oxygen atoms in total. The van der Waals surface area contributed by atoms with Gasteiger partial charge < -0.3 is 15.4 Å². The van der Waals surface area contributed by atoms with Crippen LogP contribution < -0.4 is 10.6 Å². The Hall–Kier alpha value is -2.66. The van der Waals surface area contributed by atoms with Gasteiger partial charge in [0, 0.05) is 24.5 Å². The van der Waals surface area contributed by atoms with Gasteiger partial charge in [-0.05, 0) is 74.4 Å². The molecule has 0 aliphatic carbocycles. The van der Waals surface area contributed by atoms with Gasteiger partial charge in [0.15, 0.2) is 5.76 Å². The number of amides is 1. The standard InChI is InChI=1S/C24H31N3O2/c1-3-25-16-22-17-29-23(13-18(22)2)24(28)27-15-21-8-6-20(7-9-21)14-19-5-4-11-26-12-10-19/h3,6-9,13,16,19,26H,2,4-5,10-12,14-15,17H2,1H3,(H,27,28)/b22-16-,25-3?. The average Bonchev–Trinajstić information content (AvgIpc) is 3.01. The third-order valence-electron chi connectivity index (χ3n) is 5.40. The molecule has 1 saturated heterocycles. The number of carbonyl (C=O) groups is 1. The fourth-order valence-electron chi connectivity index (χ4n) is 3.65. The number of allylic oxidation sites excluding steroid dienone is 1. The summed E-state index contributed by atoms with van der Waals surface area (Å²) >= 11 is 0. The summed E-state index contributed by atoms with van der Waals surface area (Å²) in [5, 5.41) is 6.40. The predicted molar refractivity (Wildman–Crippen MR) is 118 cm³/mol. The van der Waals surface area contributed by atoms with Crippen molar-refractivity contribution in [2.75, 3.05) is 19.7 Å². The molecule has 0 spiro atoms. The SMILES string of the molecule is C=C1C=C(C(=O)NCc2ccc(CC3CCCNCC3)cc2)OC/C1=C/N=CC. The van der Waals surface area contributed by atoms with Crippen LogP contribution in [0, 0.1) is 5.92 Å². The number of rotatable bonds is 6. The maximum Gasteiger partial charge on any atom is 0.286 e. The number of carbonyl (C=O) groups excluding carboxylic acids is 1. The largest absolute Gasteiger partial charge is 0.483 e. The molecule has 1 unspecified atom stereocenters. The predicted octanol–water partition coefficient (Wildman–Crippen LogP) is 3.68. The summed E-state index contributed by atoms with van der Waals surface area (Å²) in [4.78, 5) is 16.5. The van der Waals surface area contributed by atoms with Gasteiger partial charge in [-0.3, -0.25) is 9.79 Å². The number of hydrogen-bond acceptors (Lipinski definition) is 4. The van der Waals surface area contributed by atoms with E-state index in [1.54, 1.807) is 18.5 Å². The molecule has 1 atom stereocenters. The summed E-state index contributed by atoms with van der Waals surface area (Å²) in [5.74, 6) is 0.839. The number of nitrogens with zero attached hydrogens (tertiary/aromatic N) is 1. The van der Waals surface area contributed by atoms with Crippen LogP contribution in [0.4, 0.5) is 0 Å². The highest BCUT2D eigenvalue weighted by atomic mass is 16.5. The molecule has 1 aromatic carbocycles. The van der Waals surface area contributed by atoms with Crippen molar-refractivity contribution in [3.8, 4) is 0 Å². The van der Waals surface area contributed by atoms with Gasteiger partial charge in [0.25, 0.3) is 5.91 Å². The first kappa shape index (κ1) is 21.1. The molecule has 5 heteroatoms. The van der Waals surface area contributed by atoms with E-state index in [4.69, 9.17) is 4.74 Å². The molecular weight excluding hydrogens is 362 g/mol. The molecule has 0 radical (unpaired) electrons. The molecule has 1 aromatic rings. The first-order valence-corrected chi connectivity index (χ1v) is 10.4. The van der Waals surface area contributed by atoms with Gasteiger partial charge in [0.2, 0.25) is 0 Å². The lowest BCUT2D eigenvalue weighted by atomic mass is 9.92. The Labute approximate surface area is 173 Å². The van der Waals surface area contributed by atoms with E-state index in [1.807, 2.05) is 6.92 Å². The monoisotopic (exact) mass is 393 g/mol. The number of benzene rings is 1. The molecule has 2 aliphatic heterocycles. The van der Waals surface area contributed by atoms with Gasteiger partial charge >= 0.3 is 0 Å². The molecule has 0 aromatic heterocycles. The molecule has 0 saturated carbocycles. The van der Waals surface area contributed by atoms with E-state index in [1.165, 1.54) is 24.8 Å². The Morgan fingerprint density at radius 3 is 2.83 bits per heavy atom. The smallest absolute Gasteiger partial charge is 0.286 e. The first-order valence-electron chi connectivity index (χ1n) is 10.4. The van der Waals surface area contributed by atoms with E-state index >= 15 is 0 Å². The fraction of sp³-hybridized carbons (Fsp3) is 0.417. The van der Waals surface area contributed by atoms with E-state index < -0.39 is 0 Å². The molecule has 29 heavy (non-hydrogen) atoms. The van der Waals surface area contributed by atoms with Crippen molar-refractivity contribution in [1.29, 1.82) is 0 Å². The van der Waals surface area contributed by atoms with Crippen LogP contribution in [0.2, 0.25) is 0 Å². The second-order valence-corrected chi connectivity index (χ2v) is 7.63. The van der Waals surface area contributed by atoms with Crippen LogP contribution in [0.5, 0.6) is 0 Å². The van der Waals surface area contributed by atoms with Crippen molar-refractivity contribution in [1.82, 2.24) is 10.6 Å².